The smallest absolute Gasteiger partial charge is 0.242 e. The first-order valence-electron chi connectivity index (χ1n) is 11.0. The van der Waals surface area contributed by atoms with Gasteiger partial charge in [0.1, 0.15) is 6.04 Å². The summed E-state index contributed by atoms with van der Waals surface area (Å²) < 4.78 is 0.982. The molecule has 0 heterocycles. The molecule has 0 bridgehead atoms. The van der Waals surface area contributed by atoms with Gasteiger partial charge < -0.3 is 10.2 Å². The van der Waals surface area contributed by atoms with Crippen LogP contribution in [-0.2, 0) is 22.6 Å². The topological polar surface area (TPSA) is 49.4 Å². The van der Waals surface area contributed by atoms with Gasteiger partial charge in [-0.2, -0.15) is 0 Å². The molecular formula is C25H30BrClN2O2. The molecule has 0 aliphatic heterocycles. The fourth-order valence-electron chi connectivity index (χ4n) is 4.02. The van der Waals surface area contributed by atoms with E-state index in [4.69, 9.17) is 11.6 Å². The van der Waals surface area contributed by atoms with Crippen LogP contribution in [0.25, 0.3) is 0 Å². The van der Waals surface area contributed by atoms with Crippen LogP contribution in [0.4, 0.5) is 0 Å². The van der Waals surface area contributed by atoms with Crippen molar-refractivity contribution in [3.05, 3.63) is 69.2 Å². The first kappa shape index (κ1) is 23.8. The van der Waals surface area contributed by atoms with E-state index in [1.54, 1.807) is 4.90 Å². The standard InChI is InChI=1S/C25H30BrClN2O2/c1-18(25(31)28-22-8-3-2-4-9-22)29(17-19-11-14-21(26)15-12-19)24(30)16-13-20-7-5-6-10-23(20)27/h5-7,10-12,14-15,18,22H,2-4,8-9,13,16-17H2,1H3,(H,28,31). The van der Waals surface area contributed by atoms with E-state index >= 15 is 0 Å². The first-order chi connectivity index (χ1) is 14.9. The zero-order valence-corrected chi connectivity index (χ0v) is 20.3. The number of carbonyl (C=O) groups excluding carboxylic acids is 2. The minimum Gasteiger partial charge on any atom is -0.352 e. The number of aryl methyl sites for hydroxylation is 1. The predicted molar refractivity (Wildman–Crippen MR) is 129 cm³/mol. The molecule has 1 aliphatic rings. The Bertz CT molecular complexity index is 881. The summed E-state index contributed by atoms with van der Waals surface area (Å²) >= 11 is 9.71. The van der Waals surface area contributed by atoms with Crippen molar-refractivity contribution in [2.75, 3.05) is 0 Å². The molecule has 2 amide bonds. The molecule has 1 atom stereocenters. The van der Waals surface area contributed by atoms with Crippen molar-refractivity contribution in [2.24, 2.45) is 0 Å². The lowest BCUT2D eigenvalue weighted by molar-refractivity contribution is -0.141. The van der Waals surface area contributed by atoms with E-state index in [2.05, 4.69) is 21.2 Å². The highest BCUT2D eigenvalue weighted by Gasteiger charge is 2.28. The minimum atomic E-state index is -0.538. The lowest BCUT2D eigenvalue weighted by Gasteiger charge is -2.31. The number of hydrogen-bond acceptors (Lipinski definition) is 2. The second-order valence-electron chi connectivity index (χ2n) is 8.26. The Hall–Kier alpha value is -1.85. The van der Waals surface area contributed by atoms with Crippen LogP contribution in [0.2, 0.25) is 5.02 Å². The minimum absolute atomic E-state index is 0.0471. The van der Waals surface area contributed by atoms with Crippen LogP contribution in [0.15, 0.2) is 53.0 Å². The Balaban J connectivity index is 1.70. The van der Waals surface area contributed by atoms with Crippen LogP contribution in [0.1, 0.15) is 56.6 Å². The van der Waals surface area contributed by atoms with E-state index in [-0.39, 0.29) is 17.9 Å². The molecule has 1 N–H and O–H groups in total. The lowest BCUT2D eigenvalue weighted by Crippen LogP contribution is -2.50. The molecule has 2 aromatic carbocycles. The van der Waals surface area contributed by atoms with Crippen molar-refractivity contribution in [2.45, 2.75) is 70.5 Å². The molecular weight excluding hydrogens is 476 g/mol. The number of amides is 2. The third kappa shape index (κ3) is 7.08. The number of hydrogen-bond donors (Lipinski definition) is 1. The number of nitrogens with one attached hydrogen (secondary N) is 1. The fraction of sp³-hybridized carbons (Fsp3) is 0.440. The van der Waals surface area contributed by atoms with Crippen molar-refractivity contribution < 1.29 is 9.59 Å². The first-order valence-corrected chi connectivity index (χ1v) is 12.2. The van der Waals surface area contributed by atoms with Gasteiger partial charge in [0, 0.05) is 28.5 Å². The van der Waals surface area contributed by atoms with Crippen molar-refractivity contribution in [3.8, 4) is 0 Å². The van der Waals surface area contributed by atoms with E-state index < -0.39 is 6.04 Å². The van der Waals surface area contributed by atoms with Gasteiger partial charge in [0.2, 0.25) is 11.8 Å². The summed E-state index contributed by atoms with van der Waals surface area (Å²) in [6.07, 6.45) is 6.43. The average Bonchev–Trinajstić information content (AvgIpc) is 2.78. The van der Waals surface area contributed by atoms with Gasteiger partial charge in [-0.25, -0.2) is 0 Å². The molecule has 3 rings (SSSR count). The zero-order chi connectivity index (χ0) is 22.2. The Labute approximate surface area is 198 Å². The summed E-state index contributed by atoms with van der Waals surface area (Å²) in [5.41, 5.74) is 1.94. The molecule has 0 saturated heterocycles. The van der Waals surface area contributed by atoms with E-state index in [0.29, 0.717) is 24.4 Å². The molecule has 166 valence electrons. The number of rotatable bonds is 8. The average molecular weight is 506 g/mol. The van der Waals surface area contributed by atoms with Crippen molar-refractivity contribution in [3.63, 3.8) is 0 Å². The second-order valence-corrected chi connectivity index (χ2v) is 9.58. The molecule has 6 heteroatoms. The third-order valence-electron chi connectivity index (χ3n) is 5.95. The molecule has 1 fully saturated rings. The third-order valence-corrected chi connectivity index (χ3v) is 6.85. The fourth-order valence-corrected chi connectivity index (χ4v) is 4.52. The molecule has 0 radical (unpaired) electrons. The van der Waals surface area contributed by atoms with Gasteiger partial charge in [-0.3, -0.25) is 9.59 Å². The monoisotopic (exact) mass is 504 g/mol. The highest BCUT2D eigenvalue weighted by Crippen LogP contribution is 2.21. The SMILES string of the molecule is CC(C(=O)NC1CCCCC1)N(Cc1ccc(Br)cc1)C(=O)CCc1ccccc1Cl. The Kier molecular flexibility index (Phi) is 8.97. The van der Waals surface area contributed by atoms with E-state index in [9.17, 15) is 9.59 Å². The molecule has 1 aliphatic carbocycles. The normalized spacial score (nSPS) is 15.3. The van der Waals surface area contributed by atoms with Gasteiger partial charge >= 0.3 is 0 Å². The molecule has 0 aromatic heterocycles. The highest BCUT2D eigenvalue weighted by molar-refractivity contribution is 9.10. The summed E-state index contributed by atoms with van der Waals surface area (Å²) in [4.78, 5) is 27.9. The number of benzene rings is 2. The van der Waals surface area contributed by atoms with E-state index in [1.807, 2.05) is 55.5 Å². The maximum atomic E-state index is 13.2. The van der Waals surface area contributed by atoms with Crippen LogP contribution in [-0.4, -0.2) is 28.8 Å². The lowest BCUT2D eigenvalue weighted by atomic mass is 9.95. The van der Waals surface area contributed by atoms with Crippen molar-refractivity contribution >= 4 is 39.3 Å². The molecule has 1 unspecified atom stereocenters. The van der Waals surface area contributed by atoms with Gasteiger partial charge in [-0.05, 0) is 55.5 Å². The largest absolute Gasteiger partial charge is 0.352 e. The molecule has 31 heavy (non-hydrogen) atoms. The van der Waals surface area contributed by atoms with Crippen LogP contribution in [0, 0.1) is 0 Å². The van der Waals surface area contributed by atoms with Gasteiger partial charge in [0.25, 0.3) is 0 Å². The Morgan fingerprint density at radius 1 is 1.10 bits per heavy atom. The maximum Gasteiger partial charge on any atom is 0.242 e. The van der Waals surface area contributed by atoms with Gasteiger partial charge in [0.15, 0.2) is 0 Å². The van der Waals surface area contributed by atoms with E-state index in [0.717, 1.165) is 41.3 Å². The van der Waals surface area contributed by atoms with Crippen LogP contribution in [0.5, 0.6) is 0 Å². The summed E-state index contributed by atoms with van der Waals surface area (Å²) in [6, 6.07) is 15.1. The predicted octanol–water partition coefficient (Wildman–Crippen LogP) is 5.90. The van der Waals surface area contributed by atoms with Crippen LogP contribution >= 0.6 is 27.5 Å². The van der Waals surface area contributed by atoms with Gasteiger partial charge in [-0.15, -0.1) is 0 Å². The summed E-state index contributed by atoms with van der Waals surface area (Å²) in [5, 5.41) is 3.84. The van der Waals surface area contributed by atoms with E-state index in [1.165, 1.54) is 6.42 Å². The summed E-state index contributed by atoms with van der Waals surface area (Å²) in [6.45, 7) is 2.22. The Morgan fingerprint density at radius 3 is 2.45 bits per heavy atom. The van der Waals surface area contributed by atoms with Crippen molar-refractivity contribution in [1.82, 2.24) is 10.2 Å². The molecule has 1 saturated carbocycles. The second kappa shape index (κ2) is 11.7. The molecule has 0 spiro atoms. The Morgan fingerprint density at radius 2 is 1.77 bits per heavy atom. The summed E-state index contributed by atoms with van der Waals surface area (Å²) in [5.74, 6) is -0.121. The van der Waals surface area contributed by atoms with Crippen molar-refractivity contribution in [1.29, 1.82) is 0 Å². The highest BCUT2D eigenvalue weighted by atomic mass is 79.9. The molecule has 2 aromatic rings. The zero-order valence-electron chi connectivity index (χ0n) is 17.9. The number of halogens is 2. The summed E-state index contributed by atoms with van der Waals surface area (Å²) in [7, 11) is 0. The van der Waals surface area contributed by atoms with Crippen LogP contribution in [0.3, 0.4) is 0 Å². The van der Waals surface area contributed by atoms with Gasteiger partial charge in [0.05, 0.1) is 0 Å². The van der Waals surface area contributed by atoms with Crippen LogP contribution < -0.4 is 5.32 Å². The number of carbonyl (C=O) groups is 2. The molecule has 4 nitrogen and oxygen atoms in total. The van der Waals surface area contributed by atoms with Gasteiger partial charge in [-0.1, -0.05) is 77.1 Å². The number of nitrogens with zero attached hydrogens (tertiary/aromatic N) is 1. The maximum absolute atomic E-state index is 13.2. The quantitative estimate of drug-likeness (QED) is 0.485.